The standard InChI is InChI=1S/C13H23N3O2/c1-9(2)15-13(5,12(17)18)6-11(4)16-8-10(3)7-14-16/h7-9,11,15H,6H2,1-5H3,(H,17,18). The number of carbonyl (C=O) groups is 1. The molecule has 1 rings (SSSR count). The summed E-state index contributed by atoms with van der Waals surface area (Å²) in [6.45, 7) is 9.57. The van der Waals surface area contributed by atoms with Gasteiger partial charge in [-0.2, -0.15) is 5.10 Å². The molecule has 1 aromatic heterocycles. The highest BCUT2D eigenvalue weighted by Crippen LogP contribution is 2.21. The molecule has 1 aromatic rings. The molecule has 1 heterocycles. The van der Waals surface area contributed by atoms with Gasteiger partial charge in [0.25, 0.3) is 0 Å². The Morgan fingerprint density at radius 1 is 1.56 bits per heavy atom. The summed E-state index contributed by atoms with van der Waals surface area (Å²) in [6, 6.07) is 0.156. The monoisotopic (exact) mass is 253 g/mol. The lowest BCUT2D eigenvalue weighted by Crippen LogP contribution is -2.53. The van der Waals surface area contributed by atoms with Crippen LogP contribution in [-0.2, 0) is 4.79 Å². The number of nitrogens with zero attached hydrogens (tertiary/aromatic N) is 2. The Hall–Kier alpha value is -1.36. The molecule has 0 aliphatic rings. The molecule has 0 aliphatic heterocycles. The van der Waals surface area contributed by atoms with Gasteiger partial charge in [-0.3, -0.25) is 14.8 Å². The molecule has 0 fully saturated rings. The van der Waals surface area contributed by atoms with E-state index in [4.69, 9.17) is 0 Å². The Bertz CT molecular complexity index is 414. The minimum Gasteiger partial charge on any atom is -0.480 e. The Kier molecular flexibility index (Phi) is 4.51. The zero-order valence-electron chi connectivity index (χ0n) is 11.8. The highest BCUT2D eigenvalue weighted by atomic mass is 16.4. The molecule has 0 aliphatic carbocycles. The van der Waals surface area contributed by atoms with Crippen LogP contribution in [0.3, 0.4) is 0 Å². The largest absolute Gasteiger partial charge is 0.480 e. The van der Waals surface area contributed by atoms with Crippen molar-refractivity contribution in [2.75, 3.05) is 0 Å². The summed E-state index contributed by atoms with van der Waals surface area (Å²) in [5, 5.41) is 16.7. The number of carboxylic acids is 1. The van der Waals surface area contributed by atoms with Crippen molar-refractivity contribution in [3.8, 4) is 0 Å². The molecule has 0 spiro atoms. The zero-order chi connectivity index (χ0) is 13.9. The molecule has 0 aromatic carbocycles. The van der Waals surface area contributed by atoms with Crippen LogP contribution < -0.4 is 5.32 Å². The van der Waals surface area contributed by atoms with Crippen molar-refractivity contribution >= 4 is 5.97 Å². The lowest BCUT2D eigenvalue weighted by molar-refractivity contribution is -0.145. The Morgan fingerprint density at radius 3 is 2.56 bits per heavy atom. The van der Waals surface area contributed by atoms with Gasteiger partial charge in [-0.1, -0.05) is 0 Å². The molecule has 0 saturated carbocycles. The number of aliphatic carboxylic acids is 1. The summed E-state index contributed by atoms with van der Waals surface area (Å²) < 4.78 is 1.82. The number of hydrogen-bond acceptors (Lipinski definition) is 3. The predicted molar refractivity (Wildman–Crippen MR) is 70.6 cm³/mol. The fraction of sp³-hybridized carbons (Fsp3) is 0.692. The van der Waals surface area contributed by atoms with Crippen LogP contribution in [-0.4, -0.2) is 32.4 Å². The highest BCUT2D eigenvalue weighted by Gasteiger charge is 2.35. The quantitative estimate of drug-likeness (QED) is 0.813. The van der Waals surface area contributed by atoms with Crippen LogP contribution in [0.2, 0.25) is 0 Å². The lowest BCUT2D eigenvalue weighted by atomic mass is 9.93. The molecule has 5 heteroatoms. The van der Waals surface area contributed by atoms with E-state index in [9.17, 15) is 9.90 Å². The van der Waals surface area contributed by atoms with E-state index in [1.54, 1.807) is 13.1 Å². The second kappa shape index (κ2) is 5.52. The normalized spacial score (nSPS) is 16.6. The van der Waals surface area contributed by atoms with E-state index in [0.717, 1.165) is 5.56 Å². The topological polar surface area (TPSA) is 67.2 Å². The summed E-state index contributed by atoms with van der Waals surface area (Å²) in [4.78, 5) is 11.4. The zero-order valence-corrected chi connectivity index (χ0v) is 11.8. The first-order valence-electron chi connectivity index (χ1n) is 6.26. The molecular formula is C13H23N3O2. The smallest absolute Gasteiger partial charge is 0.323 e. The molecule has 2 N–H and O–H groups in total. The maximum atomic E-state index is 11.4. The van der Waals surface area contributed by atoms with Crippen LogP contribution in [0.5, 0.6) is 0 Å². The van der Waals surface area contributed by atoms with E-state index in [2.05, 4.69) is 10.4 Å². The van der Waals surface area contributed by atoms with Gasteiger partial charge in [0.05, 0.1) is 12.2 Å². The van der Waals surface area contributed by atoms with Gasteiger partial charge in [0.15, 0.2) is 0 Å². The van der Waals surface area contributed by atoms with Crippen LogP contribution >= 0.6 is 0 Å². The SMILES string of the molecule is Cc1cnn(C(C)CC(C)(NC(C)C)C(=O)O)c1. The highest BCUT2D eigenvalue weighted by molar-refractivity contribution is 5.78. The third-order valence-corrected chi connectivity index (χ3v) is 2.97. The first-order valence-corrected chi connectivity index (χ1v) is 6.26. The molecule has 0 saturated heterocycles. The third-order valence-electron chi connectivity index (χ3n) is 2.97. The summed E-state index contributed by atoms with van der Waals surface area (Å²) in [5.74, 6) is -0.827. The van der Waals surface area contributed by atoms with E-state index in [-0.39, 0.29) is 12.1 Å². The van der Waals surface area contributed by atoms with Crippen molar-refractivity contribution < 1.29 is 9.90 Å². The number of carboxylic acid groups (broad SMARTS) is 1. The summed E-state index contributed by atoms with van der Waals surface area (Å²) >= 11 is 0. The van der Waals surface area contributed by atoms with Gasteiger partial charge in [-0.25, -0.2) is 0 Å². The van der Waals surface area contributed by atoms with Gasteiger partial charge in [0.1, 0.15) is 5.54 Å². The van der Waals surface area contributed by atoms with E-state index in [0.29, 0.717) is 6.42 Å². The third kappa shape index (κ3) is 3.57. The molecule has 5 nitrogen and oxygen atoms in total. The van der Waals surface area contributed by atoms with E-state index in [1.807, 2.05) is 38.6 Å². The average molecular weight is 253 g/mol. The number of nitrogens with one attached hydrogen (secondary N) is 1. The molecule has 0 bridgehead atoms. The van der Waals surface area contributed by atoms with Crippen LogP contribution in [0.25, 0.3) is 0 Å². The second-order valence-corrected chi connectivity index (χ2v) is 5.49. The van der Waals surface area contributed by atoms with Crippen LogP contribution in [0.4, 0.5) is 0 Å². The summed E-state index contributed by atoms with van der Waals surface area (Å²) in [7, 11) is 0. The minimum absolute atomic E-state index is 0.0334. The van der Waals surface area contributed by atoms with E-state index < -0.39 is 11.5 Å². The fourth-order valence-corrected chi connectivity index (χ4v) is 2.20. The Balaban J connectivity index is 2.81. The minimum atomic E-state index is -0.937. The van der Waals surface area contributed by atoms with E-state index in [1.165, 1.54) is 0 Å². The average Bonchev–Trinajstić information content (AvgIpc) is 2.63. The van der Waals surface area contributed by atoms with Crippen LogP contribution in [0.15, 0.2) is 12.4 Å². The van der Waals surface area contributed by atoms with Gasteiger partial charge in [-0.05, 0) is 46.6 Å². The Labute approximate surface area is 108 Å². The lowest BCUT2D eigenvalue weighted by Gasteiger charge is -2.31. The van der Waals surface area contributed by atoms with Gasteiger partial charge in [-0.15, -0.1) is 0 Å². The van der Waals surface area contributed by atoms with Gasteiger partial charge in [0, 0.05) is 12.2 Å². The molecule has 102 valence electrons. The van der Waals surface area contributed by atoms with Gasteiger partial charge >= 0.3 is 5.97 Å². The van der Waals surface area contributed by atoms with Crippen molar-refractivity contribution in [1.82, 2.24) is 15.1 Å². The summed E-state index contributed by atoms with van der Waals surface area (Å²) in [5.41, 5.74) is 0.142. The Morgan fingerprint density at radius 2 is 2.17 bits per heavy atom. The van der Waals surface area contributed by atoms with E-state index >= 15 is 0 Å². The number of hydrogen-bond donors (Lipinski definition) is 2. The van der Waals surface area contributed by atoms with Crippen molar-refractivity contribution in [2.24, 2.45) is 0 Å². The molecule has 0 radical (unpaired) electrons. The fourth-order valence-electron chi connectivity index (χ4n) is 2.20. The summed E-state index contributed by atoms with van der Waals surface area (Å²) in [6.07, 6.45) is 4.20. The predicted octanol–water partition coefficient (Wildman–Crippen LogP) is 1.98. The van der Waals surface area contributed by atoms with Crippen LogP contribution in [0.1, 0.15) is 45.7 Å². The number of rotatable bonds is 6. The first kappa shape index (κ1) is 14.7. The molecular weight excluding hydrogens is 230 g/mol. The number of aromatic nitrogens is 2. The van der Waals surface area contributed by atoms with Gasteiger partial charge in [0.2, 0.25) is 0 Å². The molecule has 18 heavy (non-hydrogen) atoms. The van der Waals surface area contributed by atoms with Crippen LogP contribution in [0, 0.1) is 6.92 Å². The molecule has 2 atom stereocenters. The number of aryl methyl sites for hydroxylation is 1. The van der Waals surface area contributed by atoms with Crippen molar-refractivity contribution in [3.05, 3.63) is 18.0 Å². The maximum absolute atomic E-state index is 11.4. The van der Waals surface area contributed by atoms with Crippen molar-refractivity contribution in [3.63, 3.8) is 0 Å². The van der Waals surface area contributed by atoms with Gasteiger partial charge < -0.3 is 5.11 Å². The second-order valence-electron chi connectivity index (χ2n) is 5.49. The first-order chi connectivity index (χ1) is 8.24. The molecule has 0 amide bonds. The maximum Gasteiger partial charge on any atom is 0.323 e. The van der Waals surface area contributed by atoms with Crippen molar-refractivity contribution in [2.45, 2.75) is 58.7 Å². The van der Waals surface area contributed by atoms with Crippen molar-refractivity contribution in [1.29, 1.82) is 0 Å². The molecule has 2 unspecified atom stereocenters.